The molecule has 1 aliphatic rings. The van der Waals surface area contributed by atoms with Gasteiger partial charge in [0.05, 0.1) is 5.56 Å². The standard InChI is InChI=1S/C20H17FN10/c21-15-4-2-1-3-14(15)20-25-24-17-6-8-19(27-31(17)20)29-11-9-28(10-12-29)18-7-5-16-23-22-13-30(16)26-18/h1-8,13H,9-12H2. The average molecular weight is 416 g/mol. The first-order valence-electron chi connectivity index (χ1n) is 9.91. The maximum atomic E-state index is 14.3. The van der Waals surface area contributed by atoms with E-state index in [0.717, 1.165) is 43.5 Å². The zero-order valence-electron chi connectivity index (χ0n) is 16.4. The van der Waals surface area contributed by atoms with Gasteiger partial charge < -0.3 is 9.80 Å². The summed E-state index contributed by atoms with van der Waals surface area (Å²) in [5.74, 6) is 1.72. The zero-order valence-corrected chi connectivity index (χ0v) is 16.4. The van der Waals surface area contributed by atoms with Crippen LogP contribution >= 0.6 is 0 Å². The molecule has 31 heavy (non-hydrogen) atoms. The van der Waals surface area contributed by atoms with E-state index >= 15 is 0 Å². The summed E-state index contributed by atoms with van der Waals surface area (Å²) >= 11 is 0. The van der Waals surface area contributed by atoms with Gasteiger partial charge in [0.15, 0.2) is 17.1 Å². The molecule has 1 fully saturated rings. The highest BCUT2D eigenvalue weighted by atomic mass is 19.1. The lowest BCUT2D eigenvalue weighted by atomic mass is 10.2. The van der Waals surface area contributed by atoms with Gasteiger partial charge in [-0.25, -0.2) is 4.39 Å². The van der Waals surface area contributed by atoms with Crippen molar-refractivity contribution in [1.29, 1.82) is 0 Å². The summed E-state index contributed by atoms with van der Waals surface area (Å²) in [6, 6.07) is 14.2. The molecule has 6 rings (SSSR count). The number of benzene rings is 1. The van der Waals surface area contributed by atoms with E-state index in [-0.39, 0.29) is 5.82 Å². The minimum Gasteiger partial charge on any atom is -0.352 e. The molecule has 1 saturated heterocycles. The molecule has 5 heterocycles. The van der Waals surface area contributed by atoms with Crippen molar-refractivity contribution in [3.63, 3.8) is 0 Å². The van der Waals surface area contributed by atoms with Crippen molar-refractivity contribution in [1.82, 2.24) is 39.6 Å². The summed E-state index contributed by atoms with van der Waals surface area (Å²) in [6.45, 7) is 3.14. The van der Waals surface area contributed by atoms with Crippen molar-refractivity contribution in [2.45, 2.75) is 0 Å². The van der Waals surface area contributed by atoms with Crippen LogP contribution in [0.2, 0.25) is 0 Å². The van der Waals surface area contributed by atoms with Crippen LogP contribution in [0.1, 0.15) is 0 Å². The van der Waals surface area contributed by atoms with Crippen LogP contribution in [-0.4, -0.2) is 65.8 Å². The second kappa shape index (κ2) is 6.97. The van der Waals surface area contributed by atoms with Crippen LogP contribution in [0.25, 0.3) is 22.7 Å². The van der Waals surface area contributed by atoms with Gasteiger partial charge in [0.1, 0.15) is 23.8 Å². The predicted molar refractivity (Wildman–Crippen MR) is 111 cm³/mol. The Morgan fingerprint density at radius 2 is 1.42 bits per heavy atom. The van der Waals surface area contributed by atoms with Gasteiger partial charge in [0.25, 0.3) is 0 Å². The second-order valence-corrected chi connectivity index (χ2v) is 7.26. The lowest BCUT2D eigenvalue weighted by molar-refractivity contribution is 0.626. The number of piperazine rings is 1. The van der Waals surface area contributed by atoms with Crippen molar-refractivity contribution in [3.05, 3.63) is 60.7 Å². The largest absolute Gasteiger partial charge is 0.352 e. The fourth-order valence-electron chi connectivity index (χ4n) is 3.81. The van der Waals surface area contributed by atoms with Crippen LogP contribution in [-0.2, 0) is 0 Å². The van der Waals surface area contributed by atoms with Crippen LogP contribution in [0.4, 0.5) is 16.0 Å². The van der Waals surface area contributed by atoms with Crippen LogP contribution in [0.15, 0.2) is 54.9 Å². The maximum absolute atomic E-state index is 14.3. The number of hydrogen-bond donors (Lipinski definition) is 0. The third-order valence-electron chi connectivity index (χ3n) is 5.44. The summed E-state index contributed by atoms with van der Waals surface area (Å²) in [7, 11) is 0. The summed E-state index contributed by atoms with van der Waals surface area (Å²) in [4.78, 5) is 4.41. The number of aromatic nitrogens is 8. The zero-order chi connectivity index (χ0) is 20.8. The molecule has 0 unspecified atom stereocenters. The lowest BCUT2D eigenvalue weighted by Crippen LogP contribution is -2.47. The number of anilines is 2. The molecule has 0 amide bonds. The van der Waals surface area contributed by atoms with Crippen LogP contribution in [0, 0.1) is 5.82 Å². The molecule has 1 aromatic carbocycles. The smallest absolute Gasteiger partial charge is 0.188 e. The first-order chi connectivity index (χ1) is 15.3. The Labute approximate surface area is 175 Å². The fourth-order valence-corrected chi connectivity index (χ4v) is 3.81. The molecule has 1 aliphatic heterocycles. The Morgan fingerprint density at radius 1 is 0.710 bits per heavy atom. The molecule has 0 aliphatic carbocycles. The Kier molecular flexibility index (Phi) is 3.98. The van der Waals surface area contributed by atoms with Gasteiger partial charge in [-0.1, -0.05) is 12.1 Å². The van der Waals surface area contributed by atoms with E-state index in [1.807, 2.05) is 24.3 Å². The van der Waals surface area contributed by atoms with Crippen LogP contribution < -0.4 is 9.80 Å². The molecular weight excluding hydrogens is 399 g/mol. The van der Waals surface area contributed by atoms with E-state index in [0.29, 0.717) is 17.0 Å². The summed E-state index contributed by atoms with van der Waals surface area (Å²) in [5, 5.41) is 25.4. The minimum atomic E-state index is -0.352. The highest BCUT2D eigenvalue weighted by molar-refractivity contribution is 5.60. The summed E-state index contributed by atoms with van der Waals surface area (Å²) < 4.78 is 17.5. The van der Waals surface area contributed by atoms with Gasteiger partial charge in [-0.15, -0.1) is 30.6 Å². The number of hydrogen-bond acceptors (Lipinski definition) is 8. The summed E-state index contributed by atoms with van der Waals surface area (Å²) in [6.07, 6.45) is 1.60. The molecule has 0 radical (unpaired) electrons. The van der Waals surface area contributed by atoms with Gasteiger partial charge >= 0.3 is 0 Å². The third kappa shape index (κ3) is 3.01. The van der Waals surface area contributed by atoms with Gasteiger partial charge in [-0.05, 0) is 36.4 Å². The first-order valence-corrected chi connectivity index (χ1v) is 9.91. The molecule has 5 aromatic rings. The Bertz CT molecular complexity index is 1390. The molecule has 0 atom stereocenters. The molecule has 154 valence electrons. The van der Waals surface area contributed by atoms with Crippen molar-refractivity contribution >= 4 is 22.9 Å². The normalized spacial score (nSPS) is 14.6. The van der Waals surface area contributed by atoms with Gasteiger partial charge in [-0.2, -0.15) is 9.03 Å². The third-order valence-corrected chi connectivity index (χ3v) is 5.44. The van der Waals surface area contributed by atoms with Crippen molar-refractivity contribution in [3.8, 4) is 11.4 Å². The van der Waals surface area contributed by atoms with E-state index < -0.39 is 0 Å². The van der Waals surface area contributed by atoms with Crippen LogP contribution in [0.5, 0.6) is 0 Å². The SMILES string of the molecule is Fc1ccccc1-c1nnc2ccc(N3CCN(c4ccc5nncn5n4)CC3)nn12. The molecule has 0 saturated carbocycles. The molecule has 0 bridgehead atoms. The number of fused-ring (bicyclic) bond motifs is 2. The van der Waals surface area contributed by atoms with E-state index in [1.165, 1.54) is 6.07 Å². The molecular formula is C20H17FN10. The maximum Gasteiger partial charge on any atom is 0.188 e. The Morgan fingerprint density at radius 3 is 2.19 bits per heavy atom. The number of nitrogens with zero attached hydrogens (tertiary/aromatic N) is 10. The molecule has 0 spiro atoms. The number of rotatable bonds is 3. The first kappa shape index (κ1) is 17.7. The monoisotopic (exact) mass is 416 g/mol. The van der Waals surface area contributed by atoms with Crippen molar-refractivity contribution < 1.29 is 4.39 Å². The highest BCUT2D eigenvalue weighted by Crippen LogP contribution is 2.23. The molecule has 4 aromatic heterocycles. The molecule has 0 N–H and O–H groups in total. The Balaban J connectivity index is 1.25. The quantitative estimate of drug-likeness (QED) is 0.439. The Hall–Kier alpha value is -4.15. The van der Waals surface area contributed by atoms with E-state index in [1.54, 1.807) is 33.6 Å². The number of halogens is 1. The predicted octanol–water partition coefficient (Wildman–Crippen LogP) is 1.69. The second-order valence-electron chi connectivity index (χ2n) is 7.26. The van der Waals surface area contributed by atoms with E-state index in [9.17, 15) is 4.39 Å². The lowest BCUT2D eigenvalue weighted by Gasteiger charge is -2.35. The molecule has 11 heteroatoms. The van der Waals surface area contributed by atoms with Gasteiger partial charge in [-0.3, -0.25) is 0 Å². The van der Waals surface area contributed by atoms with Gasteiger partial charge in [0.2, 0.25) is 0 Å². The van der Waals surface area contributed by atoms with E-state index in [4.69, 9.17) is 5.10 Å². The van der Waals surface area contributed by atoms with Crippen LogP contribution in [0.3, 0.4) is 0 Å². The average Bonchev–Trinajstić information content (AvgIpc) is 3.45. The van der Waals surface area contributed by atoms with Gasteiger partial charge in [0, 0.05) is 26.2 Å². The van der Waals surface area contributed by atoms with Crippen molar-refractivity contribution in [2.24, 2.45) is 0 Å². The van der Waals surface area contributed by atoms with E-state index in [2.05, 4.69) is 35.3 Å². The molecule has 10 nitrogen and oxygen atoms in total. The van der Waals surface area contributed by atoms with Crippen molar-refractivity contribution in [2.75, 3.05) is 36.0 Å². The fraction of sp³-hybridized carbons (Fsp3) is 0.200. The highest BCUT2D eigenvalue weighted by Gasteiger charge is 2.21. The summed E-state index contributed by atoms with van der Waals surface area (Å²) in [5.41, 5.74) is 1.67. The minimum absolute atomic E-state index is 0.352. The topological polar surface area (TPSA) is 92.6 Å².